The number of alkyl halides is 1. The number of hydrogen-bond donors (Lipinski definition) is 0. The number of hydrogen-bond acceptors (Lipinski definition) is 2. The van der Waals surface area contributed by atoms with Crippen molar-refractivity contribution >= 4 is 23.4 Å². The van der Waals surface area contributed by atoms with E-state index >= 15 is 0 Å². The quantitative estimate of drug-likeness (QED) is 0.706. The lowest BCUT2D eigenvalue weighted by molar-refractivity contribution is -0.131. The van der Waals surface area contributed by atoms with Crippen LogP contribution in [0, 0.1) is 6.92 Å². The molecule has 0 radical (unpaired) electrons. The van der Waals surface area contributed by atoms with E-state index in [4.69, 9.17) is 11.6 Å². The van der Waals surface area contributed by atoms with Gasteiger partial charge in [-0.3, -0.25) is 9.59 Å². The fourth-order valence-electron chi connectivity index (χ4n) is 3.85. The van der Waals surface area contributed by atoms with E-state index < -0.39 is 0 Å². The van der Waals surface area contributed by atoms with Crippen LogP contribution >= 0.6 is 11.6 Å². The Labute approximate surface area is 172 Å². The molecule has 4 nitrogen and oxygen atoms in total. The molecular weight excluding hydrogens is 372 g/mol. The summed E-state index contributed by atoms with van der Waals surface area (Å²) >= 11 is 5.89. The van der Waals surface area contributed by atoms with Gasteiger partial charge < -0.3 is 9.80 Å². The van der Waals surface area contributed by atoms with Gasteiger partial charge in [0, 0.05) is 31.2 Å². The van der Waals surface area contributed by atoms with Gasteiger partial charge in [-0.15, -0.1) is 11.6 Å². The summed E-state index contributed by atoms with van der Waals surface area (Å²) in [5, 5.41) is 0. The maximum atomic E-state index is 13.0. The lowest BCUT2D eigenvalue weighted by Gasteiger charge is -2.31. The zero-order chi connectivity index (χ0) is 19.9. The second-order valence-electron chi connectivity index (χ2n) is 7.33. The minimum Gasteiger partial charge on any atom is -0.339 e. The summed E-state index contributed by atoms with van der Waals surface area (Å²) in [4.78, 5) is 29.3. The van der Waals surface area contributed by atoms with E-state index in [1.165, 1.54) is 0 Å². The van der Waals surface area contributed by atoms with Crippen LogP contribution in [-0.2, 0) is 11.3 Å². The van der Waals surface area contributed by atoms with Crippen molar-refractivity contribution < 1.29 is 9.59 Å². The summed E-state index contributed by atoms with van der Waals surface area (Å²) in [5.41, 5.74) is 2.85. The van der Waals surface area contributed by atoms with Crippen LogP contribution in [0.3, 0.4) is 0 Å². The second-order valence-corrected chi connectivity index (χ2v) is 7.60. The second kappa shape index (κ2) is 9.74. The predicted molar refractivity (Wildman–Crippen MR) is 112 cm³/mol. The molecule has 0 aliphatic carbocycles. The highest BCUT2D eigenvalue weighted by Crippen LogP contribution is 2.22. The molecular formula is C23H27ClN2O2. The van der Waals surface area contributed by atoms with Crippen molar-refractivity contribution in [3.05, 3.63) is 71.3 Å². The van der Waals surface area contributed by atoms with Gasteiger partial charge in [0.2, 0.25) is 5.91 Å². The average molecular weight is 399 g/mol. The van der Waals surface area contributed by atoms with Gasteiger partial charge in [0.05, 0.1) is 0 Å². The predicted octanol–water partition coefficient (Wildman–Crippen LogP) is 4.26. The number of carbonyl (C=O) groups is 2. The molecule has 0 spiro atoms. The molecule has 1 fully saturated rings. The highest BCUT2D eigenvalue weighted by molar-refractivity contribution is 6.27. The molecule has 5 heteroatoms. The molecule has 1 aliphatic rings. The molecule has 0 saturated carbocycles. The molecule has 1 atom stereocenters. The molecule has 0 N–H and O–H groups in total. The van der Waals surface area contributed by atoms with Crippen molar-refractivity contribution in [3.63, 3.8) is 0 Å². The largest absolute Gasteiger partial charge is 0.339 e. The summed E-state index contributed by atoms with van der Waals surface area (Å²) in [6.07, 6.45) is 2.53. The van der Waals surface area contributed by atoms with Crippen LogP contribution < -0.4 is 0 Å². The maximum absolute atomic E-state index is 13.0. The van der Waals surface area contributed by atoms with Crippen molar-refractivity contribution in [2.24, 2.45) is 0 Å². The summed E-state index contributed by atoms with van der Waals surface area (Å²) < 4.78 is 0. The summed E-state index contributed by atoms with van der Waals surface area (Å²) in [6.45, 7) is 3.90. The third-order valence-corrected chi connectivity index (χ3v) is 5.66. The molecule has 0 bridgehead atoms. The van der Waals surface area contributed by atoms with Gasteiger partial charge >= 0.3 is 0 Å². The molecule has 1 unspecified atom stereocenters. The molecule has 1 saturated heterocycles. The van der Waals surface area contributed by atoms with Crippen LogP contribution in [0.4, 0.5) is 0 Å². The smallest absolute Gasteiger partial charge is 0.254 e. The molecule has 2 amide bonds. The minimum atomic E-state index is -0.0470. The third-order valence-electron chi connectivity index (χ3n) is 5.43. The monoisotopic (exact) mass is 398 g/mol. The Balaban J connectivity index is 1.70. The van der Waals surface area contributed by atoms with Crippen LogP contribution in [0.15, 0.2) is 54.6 Å². The first kappa shape index (κ1) is 20.4. The molecule has 148 valence electrons. The van der Waals surface area contributed by atoms with Gasteiger partial charge in [-0.2, -0.15) is 0 Å². The number of halogens is 1. The molecule has 2 aromatic rings. The Kier molecular flexibility index (Phi) is 7.10. The molecule has 3 rings (SSSR count). The Bertz CT molecular complexity index is 809. The van der Waals surface area contributed by atoms with Crippen LogP contribution in [0.25, 0.3) is 0 Å². The van der Waals surface area contributed by atoms with Crippen LogP contribution in [0.5, 0.6) is 0 Å². The van der Waals surface area contributed by atoms with E-state index in [0.717, 1.165) is 42.5 Å². The fourth-order valence-corrected chi connectivity index (χ4v) is 4.01. The highest BCUT2D eigenvalue weighted by atomic mass is 35.5. The van der Waals surface area contributed by atoms with Crippen LogP contribution in [-0.4, -0.2) is 46.6 Å². The zero-order valence-electron chi connectivity index (χ0n) is 16.3. The van der Waals surface area contributed by atoms with Gasteiger partial charge in [-0.1, -0.05) is 48.5 Å². The first-order valence-corrected chi connectivity index (χ1v) is 10.4. The summed E-state index contributed by atoms with van der Waals surface area (Å²) in [6, 6.07) is 17.8. The SMILES string of the molecule is Cc1ccccc1C(=O)N1CCCC(N(Cc2ccccc2)C(=O)CCl)CC1. The molecule has 2 aromatic carbocycles. The van der Waals surface area contributed by atoms with Crippen LogP contribution in [0.2, 0.25) is 0 Å². The summed E-state index contributed by atoms with van der Waals surface area (Å²) in [5.74, 6) is 0.0149. The van der Waals surface area contributed by atoms with Crippen molar-refractivity contribution in [2.45, 2.75) is 38.8 Å². The summed E-state index contributed by atoms with van der Waals surface area (Å²) in [7, 11) is 0. The molecule has 1 aliphatic heterocycles. The number of likely N-dealkylation sites (tertiary alicyclic amines) is 1. The number of rotatable bonds is 5. The first-order chi connectivity index (χ1) is 13.6. The number of nitrogens with zero attached hydrogens (tertiary/aromatic N) is 2. The molecule has 0 aromatic heterocycles. The normalized spacial score (nSPS) is 17.1. The average Bonchev–Trinajstić information content (AvgIpc) is 2.98. The number of carbonyl (C=O) groups excluding carboxylic acids is 2. The van der Waals surface area contributed by atoms with E-state index in [1.54, 1.807) is 0 Å². The van der Waals surface area contributed by atoms with Crippen LogP contribution in [0.1, 0.15) is 40.7 Å². The van der Waals surface area contributed by atoms with E-state index in [1.807, 2.05) is 71.3 Å². The van der Waals surface area contributed by atoms with E-state index in [-0.39, 0.29) is 23.7 Å². The van der Waals surface area contributed by atoms with Gasteiger partial charge in [0.1, 0.15) is 5.88 Å². The maximum Gasteiger partial charge on any atom is 0.254 e. The number of aryl methyl sites for hydroxylation is 1. The van der Waals surface area contributed by atoms with Crippen molar-refractivity contribution in [2.75, 3.05) is 19.0 Å². The standard InChI is InChI=1S/C23H27ClN2O2/c1-18-8-5-6-12-21(18)23(28)25-14-7-11-20(13-15-25)26(22(27)16-24)17-19-9-3-2-4-10-19/h2-6,8-10,12,20H,7,11,13-17H2,1H3. The third kappa shape index (κ3) is 4.93. The van der Waals surface area contributed by atoms with Gasteiger partial charge in [0.15, 0.2) is 0 Å². The lowest BCUT2D eigenvalue weighted by Crippen LogP contribution is -2.41. The Morgan fingerprint density at radius 1 is 1.04 bits per heavy atom. The van der Waals surface area contributed by atoms with Crippen molar-refractivity contribution in [3.8, 4) is 0 Å². The van der Waals surface area contributed by atoms with E-state index in [0.29, 0.717) is 13.1 Å². The topological polar surface area (TPSA) is 40.6 Å². The number of benzene rings is 2. The minimum absolute atomic E-state index is 0.0187. The molecule has 1 heterocycles. The lowest BCUT2D eigenvalue weighted by atomic mass is 10.1. The van der Waals surface area contributed by atoms with E-state index in [2.05, 4.69) is 0 Å². The van der Waals surface area contributed by atoms with Gasteiger partial charge in [0.25, 0.3) is 5.91 Å². The first-order valence-electron chi connectivity index (χ1n) is 9.84. The van der Waals surface area contributed by atoms with Gasteiger partial charge in [-0.05, 0) is 43.4 Å². The Morgan fingerprint density at radius 2 is 1.75 bits per heavy atom. The zero-order valence-corrected chi connectivity index (χ0v) is 17.1. The number of amides is 2. The van der Waals surface area contributed by atoms with Gasteiger partial charge in [-0.25, -0.2) is 0 Å². The highest BCUT2D eigenvalue weighted by Gasteiger charge is 2.28. The Hall–Kier alpha value is -2.33. The van der Waals surface area contributed by atoms with Crippen molar-refractivity contribution in [1.82, 2.24) is 9.80 Å². The Morgan fingerprint density at radius 3 is 2.46 bits per heavy atom. The fraction of sp³-hybridized carbons (Fsp3) is 0.391. The molecule has 28 heavy (non-hydrogen) atoms. The van der Waals surface area contributed by atoms with E-state index in [9.17, 15) is 9.59 Å². The van der Waals surface area contributed by atoms with Crippen molar-refractivity contribution in [1.29, 1.82) is 0 Å².